The normalized spacial score (nSPS) is 18.5. The summed E-state index contributed by atoms with van der Waals surface area (Å²) in [5, 5.41) is 2.84. The van der Waals surface area contributed by atoms with Crippen molar-refractivity contribution in [3.8, 4) is 5.75 Å². The van der Waals surface area contributed by atoms with Gasteiger partial charge in [-0.3, -0.25) is 4.79 Å². The Labute approximate surface area is 87.9 Å². The number of hydrogen-bond acceptors (Lipinski definition) is 3. The van der Waals surface area contributed by atoms with Gasteiger partial charge in [-0.1, -0.05) is 18.2 Å². The summed E-state index contributed by atoms with van der Waals surface area (Å²) in [6, 6.07) is 7.70. The van der Waals surface area contributed by atoms with Gasteiger partial charge >= 0.3 is 0 Å². The number of benzene rings is 1. The van der Waals surface area contributed by atoms with Crippen molar-refractivity contribution in [2.45, 2.75) is 6.04 Å². The summed E-state index contributed by atoms with van der Waals surface area (Å²) in [7, 11) is 0. The van der Waals surface area contributed by atoms with Crippen molar-refractivity contribution >= 4 is 18.5 Å². The lowest BCUT2D eigenvalue weighted by atomic mass is 10.1. The number of hydrogen-bond donors (Lipinski definition) is 2. The van der Waals surface area contributed by atoms with Crippen LogP contribution in [-0.2, 0) is 4.79 Å². The quantitative estimate of drug-likeness (QED) is 0.717. The van der Waals surface area contributed by atoms with Crippen LogP contribution in [0.1, 0.15) is 11.6 Å². The largest absolute Gasteiger partial charge is 0.491 e. The summed E-state index contributed by atoms with van der Waals surface area (Å²) in [4.78, 5) is 11.1. The highest BCUT2D eigenvalue weighted by atomic mass is 32.1. The van der Waals surface area contributed by atoms with Crippen LogP contribution in [0.2, 0.25) is 0 Å². The van der Waals surface area contributed by atoms with E-state index in [4.69, 9.17) is 4.74 Å². The number of ether oxygens (including phenoxy) is 1. The van der Waals surface area contributed by atoms with Gasteiger partial charge in [0.25, 0.3) is 0 Å². The van der Waals surface area contributed by atoms with Gasteiger partial charge in [0.1, 0.15) is 12.4 Å². The van der Waals surface area contributed by atoms with E-state index in [9.17, 15) is 4.79 Å². The molecule has 4 heteroatoms. The molecule has 1 atom stereocenters. The molecule has 2 rings (SSSR count). The summed E-state index contributed by atoms with van der Waals surface area (Å²) in [5.74, 6) is 0.995. The molecule has 0 bridgehead atoms. The van der Waals surface area contributed by atoms with Crippen molar-refractivity contribution in [2.75, 3.05) is 12.4 Å². The second-order valence-electron chi connectivity index (χ2n) is 3.13. The van der Waals surface area contributed by atoms with Crippen molar-refractivity contribution in [1.82, 2.24) is 5.32 Å². The molecule has 0 saturated heterocycles. The van der Waals surface area contributed by atoms with E-state index in [-0.39, 0.29) is 17.7 Å². The fourth-order valence-corrected chi connectivity index (χ4v) is 1.61. The number of rotatable bonds is 2. The average Bonchev–Trinajstić information content (AvgIpc) is 2.62. The van der Waals surface area contributed by atoms with Gasteiger partial charge < -0.3 is 10.1 Å². The van der Waals surface area contributed by atoms with E-state index < -0.39 is 0 Å². The highest BCUT2D eigenvalue weighted by Crippen LogP contribution is 2.31. The van der Waals surface area contributed by atoms with E-state index in [1.165, 1.54) is 0 Å². The number of carbonyl (C=O) groups excluding carboxylic acids is 1. The lowest BCUT2D eigenvalue weighted by Crippen LogP contribution is -2.30. The van der Waals surface area contributed by atoms with E-state index >= 15 is 0 Å². The molecule has 1 aromatic carbocycles. The minimum atomic E-state index is -0.0707. The third kappa shape index (κ3) is 1.70. The van der Waals surface area contributed by atoms with Crippen molar-refractivity contribution in [3.05, 3.63) is 29.8 Å². The molecular weight excluding hydrogens is 198 g/mol. The first-order valence-corrected chi connectivity index (χ1v) is 5.06. The molecule has 1 aromatic rings. The third-order valence-electron chi connectivity index (χ3n) is 2.18. The summed E-state index contributed by atoms with van der Waals surface area (Å²) in [5.41, 5.74) is 1.04. The summed E-state index contributed by atoms with van der Waals surface area (Å²) < 4.78 is 5.42. The minimum absolute atomic E-state index is 0.0224. The number of nitrogens with one attached hydrogen (secondary N) is 1. The van der Waals surface area contributed by atoms with Crippen LogP contribution in [0.3, 0.4) is 0 Å². The maximum absolute atomic E-state index is 11.1. The Bertz CT molecular complexity index is 354. The molecule has 0 aromatic heterocycles. The second-order valence-corrected chi connectivity index (χ2v) is 3.44. The molecule has 0 spiro atoms. The molecule has 1 aliphatic rings. The van der Waals surface area contributed by atoms with E-state index in [0.29, 0.717) is 6.61 Å². The van der Waals surface area contributed by atoms with E-state index in [2.05, 4.69) is 17.9 Å². The first-order chi connectivity index (χ1) is 6.81. The Hall–Kier alpha value is -1.16. The Kier molecular flexibility index (Phi) is 2.63. The van der Waals surface area contributed by atoms with Crippen LogP contribution in [0.4, 0.5) is 0 Å². The highest BCUT2D eigenvalue weighted by molar-refractivity contribution is 7.81. The molecule has 0 saturated carbocycles. The lowest BCUT2D eigenvalue weighted by molar-refractivity contribution is -0.119. The van der Waals surface area contributed by atoms with Gasteiger partial charge in [-0.2, -0.15) is 12.6 Å². The van der Waals surface area contributed by atoms with E-state index in [0.717, 1.165) is 11.3 Å². The van der Waals surface area contributed by atoms with Gasteiger partial charge in [0.2, 0.25) is 5.91 Å². The van der Waals surface area contributed by atoms with E-state index in [1.807, 2.05) is 24.3 Å². The second kappa shape index (κ2) is 3.92. The maximum atomic E-state index is 11.1. The predicted molar refractivity (Wildman–Crippen MR) is 56.7 cm³/mol. The Morgan fingerprint density at radius 3 is 3.14 bits per heavy atom. The Morgan fingerprint density at radius 2 is 2.36 bits per heavy atom. The topological polar surface area (TPSA) is 38.3 Å². The summed E-state index contributed by atoms with van der Waals surface area (Å²) in [6.45, 7) is 0.513. The van der Waals surface area contributed by atoms with Crippen LogP contribution in [0, 0.1) is 0 Å². The van der Waals surface area contributed by atoms with Gasteiger partial charge in [0, 0.05) is 5.56 Å². The molecule has 74 valence electrons. The molecule has 0 aliphatic carbocycles. The van der Waals surface area contributed by atoms with Crippen LogP contribution >= 0.6 is 12.6 Å². The standard InChI is InChI=1S/C10H11NO2S/c12-10(6-14)11-8-5-13-9-4-2-1-3-7(8)9/h1-4,8,14H,5-6H2,(H,11,12). The first-order valence-electron chi connectivity index (χ1n) is 4.43. The Morgan fingerprint density at radius 1 is 1.57 bits per heavy atom. The SMILES string of the molecule is O=C(CS)NC1COc2ccccc21. The number of thiol groups is 1. The zero-order valence-electron chi connectivity index (χ0n) is 7.56. The van der Waals surface area contributed by atoms with Crippen LogP contribution in [-0.4, -0.2) is 18.3 Å². The average molecular weight is 209 g/mol. The molecule has 0 fully saturated rings. The van der Waals surface area contributed by atoms with Crippen molar-refractivity contribution in [1.29, 1.82) is 0 Å². The molecule has 1 amide bonds. The van der Waals surface area contributed by atoms with Crippen molar-refractivity contribution in [2.24, 2.45) is 0 Å². The molecule has 1 unspecified atom stereocenters. The smallest absolute Gasteiger partial charge is 0.230 e. The van der Waals surface area contributed by atoms with Gasteiger partial charge in [-0.15, -0.1) is 0 Å². The molecule has 14 heavy (non-hydrogen) atoms. The number of fused-ring (bicyclic) bond motifs is 1. The zero-order chi connectivity index (χ0) is 9.97. The van der Waals surface area contributed by atoms with Gasteiger partial charge in [-0.25, -0.2) is 0 Å². The fraction of sp³-hybridized carbons (Fsp3) is 0.300. The molecule has 1 aliphatic heterocycles. The number of amides is 1. The van der Waals surface area contributed by atoms with E-state index in [1.54, 1.807) is 0 Å². The summed E-state index contributed by atoms with van der Waals surface area (Å²) >= 11 is 3.91. The van der Waals surface area contributed by atoms with Crippen LogP contribution in [0.15, 0.2) is 24.3 Å². The molecule has 0 radical (unpaired) electrons. The first kappa shape index (κ1) is 9.40. The fourth-order valence-electron chi connectivity index (χ4n) is 1.52. The number of para-hydroxylation sites is 1. The molecular formula is C10H11NO2S. The van der Waals surface area contributed by atoms with Crippen LogP contribution in [0.5, 0.6) is 5.75 Å². The molecule has 3 nitrogen and oxygen atoms in total. The van der Waals surface area contributed by atoms with Crippen LogP contribution < -0.4 is 10.1 Å². The maximum Gasteiger partial charge on any atom is 0.230 e. The van der Waals surface area contributed by atoms with Gasteiger partial charge in [0.05, 0.1) is 11.8 Å². The summed E-state index contributed by atoms with van der Waals surface area (Å²) in [6.07, 6.45) is 0. The van der Waals surface area contributed by atoms with Crippen molar-refractivity contribution < 1.29 is 9.53 Å². The predicted octanol–water partition coefficient (Wildman–Crippen LogP) is 1.17. The Balaban J connectivity index is 2.14. The monoisotopic (exact) mass is 209 g/mol. The van der Waals surface area contributed by atoms with Gasteiger partial charge in [0.15, 0.2) is 0 Å². The minimum Gasteiger partial charge on any atom is -0.491 e. The van der Waals surface area contributed by atoms with Crippen molar-refractivity contribution in [3.63, 3.8) is 0 Å². The lowest BCUT2D eigenvalue weighted by Gasteiger charge is -2.09. The number of carbonyl (C=O) groups is 1. The third-order valence-corrected chi connectivity index (χ3v) is 2.47. The highest BCUT2D eigenvalue weighted by Gasteiger charge is 2.24. The molecule has 1 N–H and O–H groups in total. The van der Waals surface area contributed by atoms with Gasteiger partial charge in [-0.05, 0) is 6.07 Å². The van der Waals surface area contributed by atoms with Crippen LogP contribution in [0.25, 0.3) is 0 Å². The molecule has 1 heterocycles. The zero-order valence-corrected chi connectivity index (χ0v) is 8.46.